The summed E-state index contributed by atoms with van der Waals surface area (Å²) in [6.45, 7) is -0.0508. The number of carbonyl (C=O) groups excluding carboxylic acids is 1. The first kappa shape index (κ1) is 14.0. The Bertz CT molecular complexity index is 498. The summed E-state index contributed by atoms with van der Waals surface area (Å²) < 4.78 is 29.8. The molecule has 0 unspecified atom stereocenters. The standard InChI is InChI=1S/C11H11F2N3O2/c1-18-10(17)3-8-6(4-14)2-7(11(12)13)9(5-15)16-8/h2,11H,3-4,14H2,1H3. The number of nitrogens with two attached hydrogens (primary N) is 1. The van der Waals surface area contributed by atoms with Gasteiger partial charge in [-0.2, -0.15) is 5.26 Å². The third-order valence-electron chi connectivity index (χ3n) is 2.32. The lowest BCUT2D eigenvalue weighted by molar-refractivity contribution is -0.139. The molecule has 1 heterocycles. The van der Waals surface area contributed by atoms with Crippen LogP contribution in [0.2, 0.25) is 0 Å². The van der Waals surface area contributed by atoms with E-state index in [-0.39, 0.29) is 18.7 Å². The van der Waals surface area contributed by atoms with Crippen LogP contribution in [0.1, 0.15) is 28.9 Å². The van der Waals surface area contributed by atoms with E-state index in [1.807, 2.05) is 0 Å². The second-order valence-corrected chi connectivity index (χ2v) is 3.40. The Morgan fingerprint density at radius 2 is 2.33 bits per heavy atom. The van der Waals surface area contributed by atoms with E-state index in [2.05, 4.69) is 9.72 Å². The van der Waals surface area contributed by atoms with Gasteiger partial charge >= 0.3 is 5.97 Å². The van der Waals surface area contributed by atoms with Crippen molar-refractivity contribution >= 4 is 5.97 Å². The van der Waals surface area contributed by atoms with Crippen molar-refractivity contribution in [3.05, 3.63) is 28.6 Å². The van der Waals surface area contributed by atoms with E-state index < -0.39 is 23.7 Å². The molecule has 0 aliphatic heterocycles. The van der Waals surface area contributed by atoms with Gasteiger partial charge in [-0.1, -0.05) is 0 Å². The van der Waals surface area contributed by atoms with Crippen molar-refractivity contribution in [2.75, 3.05) is 7.11 Å². The van der Waals surface area contributed by atoms with E-state index in [0.29, 0.717) is 5.56 Å². The number of carbonyl (C=O) groups is 1. The van der Waals surface area contributed by atoms with Gasteiger partial charge in [0.25, 0.3) is 6.43 Å². The number of pyridine rings is 1. The molecule has 0 aromatic carbocycles. The first-order valence-corrected chi connectivity index (χ1v) is 5.01. The van der Waals surface area contributed by atoms with Crippen molar-refractivity contribution in [2.24, 2.45) is 5.73 Å². The van der Waals surface area contributed by atoms with E-state index in [1.54, 1.807) is 6.07 Å². The summed E-state index contributed by atoms with van der Waals surface area (Å²) in [5, 5.41) is 8.75. The highest BCUT2D eigenvalue weighted by molar-refractivity contribution is 5.72. The Balaban J connectivity index is 3.27. The molecule has 96 valence electrons. The molecular weight excluding hydrogens is 244 g/mol. The van der Waals surface area contributed by atoms with E-state index >= 15 is 0 Å². The van der Waals surface area contributed by atoms with E-state index in [4.69, 9.17) is 11.0 Å². The van der Waals surface area contributed by atoms with Crippen molar-refractivity contribution in [2.45, 2.75) is 19.4 Å². The van der Waals surface area contributed by atoms with Crippen LogP contribution in [0.25, 0.3) is 0 Å². The number of hydrogen-bond donors (Lipinski definition) is 1. The summed E-state index contributed by atoms with van der Waals surface area (Å²) in [6, 6.07) is 2.68. The number of halogens is 2. The van der Waals surface area contributed by atoms with Gasteiger partial charge in [0.05, 0.1) is 24.8 Å². The summed E-state index contributed by atoms with van der Waals surface area (Å²) >= 11 is 0. The lowest BCUT2D eigenvalue weighted by Crippen LogP contribution is -2.13. The molecule has 0 bridgehead atoms. The second-order valence-electron chi connectivity index (χ2n) is 3.40. The van der Waals surface area contributed by atoms with Gasteiger partial charge in [-0.15, -0.1) is 0 Å². The van der Waals surface area contributed by atoms with E-state index in [1.165, 1.54) is 7.11 Å². The summed E-state index contributed by atoms with van der Waals surface area (Å²) in [5.41, 5.74) is 5.01. The van der Waals surface area contributed by atoms with Crippen molar-refractivity contribution in [1.82, 2.24) is 4.98 Å². The van der Waals surface area contributed by atoms with Gasteiger partial charge in [0, 0.05) is 6.54 Å². The number of nitriles is 1. The maximum atomic E-state index is 12.7. The van der Waals surface area contributed by atoms with Gasteiger partial charge in [-0.05, 0) is 11.6 Å². The van der Waals surface area contributed by atoms with Crippen molar-refractivity contribution in [3.63, 3.8) is 0 Å². The molecular formula is C11H11F2N3O2. The number of alkyl halides is 2. The minimum atomic E-state index is -2.82. The number of hydrogen-bond acceptors (Lipinski definition) is 5. The first-order chi connectivity index (χ1) is 8.53. The third kappa shape index (κ3) is 2.99. The molecule has 0 spiro atoms. The Kier molecular flexibility index (Phi) is 4.68. The Morgan fingerprint density at radius 3 is 2.78 bits per heavy atom. The number of nitrogens with zero attached hydrogens (tertiary/aromatic N) is 2. The minimum Gasteiger partial charge on any atom is -0.469 e. The smallest absolute Gasteiger partial charge is 0.311 e. The van der Waals surface area contributed by atoms with Gasteiger partial charge in [-0.3, -0.25) is 4.79 Å². The zero-order valence-electron chi connectivity index (χ0n) is 9.61. The Hall–Kier alpha value is -2.07. The van der Waals surface area contributed by atoms with Gasteiger partial charge in [0.2, 0.25) is 0 Å². The molecule has 0 fully saturated rings. The van der Waals surface area contributed by atoms with Crippen molar-refractivity contribution < 1.29 is 18.3 Å². The number of ether oxygens (including phenoxy) is 1. The fourth-order valence-electron chi connectivity index (χ4n) is 1.41. The van der Waals surface area contributed by atoms with Crippen LogP contribution >= 0.6 is 0 Å². The molecule has 0 atom stereocenters. The molecule has 0 aliphatic carbocycles. The molecule has 0 saturated heterocycles. The van der Waals surface area contributed by atoms with Gasteiger partial charge < -0.3 is 10.5 Å². The van der Waals surface area contributed by atoms with Crippen LogP contribution in [0, 0.1) is 11.3 Å². The van der Waals surface area contributed by atoms with Gasteiger partial charge in [0.15, 0.2) is 0 Å². The first-order valence-electron chi connectivity index (χ1n) is 5.01. The molecule has 1 aromatic heterocycles. The van der Waals surface area contributed by atoms with E-state index in [9.17, 15) is 13.6 Å². The third-order valence-corrected chi connectivity index (χ3v) is 2.32. The topological polar surface area (TPSA) is 89.0 Å². The summed E-state index contributed by atoms with van der Waals surface area (Å²) in [6.07, 6.45) is -3.02. The normalized spacial score (nSPS) is 10.2. The largest absolute Gasteiger partial charge is 0.469 e. The van der Waals surface area contributed by atoms with Crippen LogP contribution in [-0.4, -0.2) is 18.1 Å². The highest BCUT2D eigenvalue weighted by atomic mass is 19.3. The summed E-state index contributed by atoms with van der Waals surface area (Å²) in [4.78, 5) is 14.9. The highest BCUT2D eigenvalue weighted by Crippen LogP contribution is 2.24. The van der Waals surface area contributed by atoms with E-state index in [0.717, 1.165) is 6.07 Å². The fourth-order valence-corrected chi connectivity index (χ4v) is 1.41. The molecule has 5 nitrogen and oxygen atoms in total. The number of methoxy groups -OCH3 is 1. The molecule has 1 aromatic rings. The summed E-state index contributed by atoms with van der Waals surface area (Å²) in [7, 11) is 1.20. The fraction of sp³-hybridized carbons (Fsp3) is 0.364. The average molecular weight is 255 g/mol. The predicted octanol–water partition coefficient (Wildman–Crippen LogP) is 1.07. The molecule has 0 radical (unpaired) electrons. The monoisotopic (exact) mass is 255 g/mol. The lowest BCUT2D eigenvalue weighted by atomic mass is 10.1. The molecule has 2 N–H and O–H groups in total. The maximum absolute atomic E-state index is 12.7. The zero-order valence-corrected chi connectivity index (χ0v) is 9.61. The number of rotatable bonds is 4. The highest BCUT2D eigenvalue weighted by Gasteiger charge is 2.19. The molecule has 0 amide bonds. The molecule has 0 saturated carbocycles. The van der Waals surface area contributed by atoms with Crippen LogP contribution in [0.3, 0.4) is 0 Å². The van der Waals surface area contributed by atoms with Crippen LogP contribution in [-0.2, 0) is 22.5 Å². The summed E-state index contributed by atoms with van der Waals surface area (Å²) in [5.74, 6) is -0.578. The van der Waals surface area contributed by atoms with Crippen molar-refractivity contribution in [1.29, 1.82) is 5.26 Å². The van der Waals surface area contributed by atoms with Gasteiger partial charge in [0.1, 0.15) is 11.8 Å². The number of aromatic nitrogens is 1. The minimum absolute atomic E-state index is 0.0508. The Labute approximate surface area is 102 Å². The second kappa shape index (κ2) is 6.02. The SMILES string of the molecule is COC(=O)Cc1nc(C#N)c(C(F)F)cc1CN. The van der Waals surface area contributed by atoms with Crippen molar-refractivity contribution in [3.8, 4) is 6.07 Å². The predicted molar refractivity (Wildman–Crippen MR) is 57.5 cm³/mol. The Morgan fingerprint density at radius 1 is 1.67 bits per heavy atom. The lowest BCUT2D eigenvalue weighted by Gasteiger charge is -2.10. The molecule has 7 heteroatoms. The van der Waals surface area contributed by atoms with Crippen LogP contribution in [0.4, 0.5) is 8.78 Å². The van der Waals surface area contributed by atoms with Crippen LogP contribution in [0.5, 0.6) is 0 Å². The maximum Gasteiger partial charge on any atom is 0.311 e. The van der Waals surface area contributed by atoms with Gasteiger partial charge in [-0.25, -0.2) is 13.8 Å². The van der Waals surface area contributed by atoms with Crippen LogP contribution in [0.15, 0.2) is 6.07 Å². The zero-order chi connectivity index (χ0) is 13.7. The van der Waals surface area contributed by atoms with Crippen LogP contribution < -0.4 is 5.73 Å². The molecule has 18 heavy (non-hydrogen) atoms. The number of esters is 1. The molecule has 1 rings (SSSR count). The average Bonchev–Trinajstić information content (AvgIpc) is 2.37. The molecule has 0 aliphatic rings. The quantitative estimate of drug-likeness (QED) is 0.813.